The van der Waals surface area contributed by atoms with Crippen LogP contribution < -0.4 is 0 Å². The Hall–Kier alpha value is -1.61. The zero-order valence-corrected chi connectivity index (χ0v) is 13.0. The van der Waals surface area contributed by atoms with Crippen molar-refractivity contribution in [1.82, 2.24) is 9.55 Å². The number of hydrogen-bond acceptors (Lipinski definition) is 2. The number of benzene rings is 1. The normalized spacial score (nSPS) is 22.9. The van der Waals surface area contributed by atoms with Crippen LogP contribution in [0.2, 0.25) is 0 Å². The van der Waals surface area contributed by atoms with Gasteiger partial charge in [0.25, 0.3) is 0 Å². The van der Waals surface area contributed by atoms with Crippen molar-refractivity contribution in [3.05, 3.63) is 42.4 Å². The number of fused-ring (bicyclic) bond motifs is 3. The number of aliphatic hydroxyl groups excluding tert-OH is 1. The number of rotatable bonds is 3. The van der Waals surface area contributed by atoms with E-state index in [1.807, 2.05) is 12.5 Å². The van der Waals surface area contributed by atoms with Gasteiger partial charge in [0.1, 0.15) is 0 Å². The van der Waals surface area contributed by atoms with Crippen LogP contribution in [-0.4, -0.2) is 20.8 Å². The van der Waals surface area contributed by atoms with Crippen molar-refractivity contribution in [2.24, 2.45) is 5.92 Å². The van der Waals surface area contributed by atoms with Gasteiger partial charge in [-0.1, -0.05) is 43.5 Å². The van der Waals surface area contributed by atoms with Gasteiger partial charge in [-0.05, 0) is 30.7 Å². The zero-order chi connectivity index (χ0) is 14.9. The lowest BCUT2D eigenvalue weighted by Crippen LogP contribution is -2.27. The number of aromatic nitrogens is 2. The van der Waals surface area contributed by atoms with Crippen molar-refractivity contribution >= 4 is 0 Å². The van der Waals surface area contributed by atoms with Crippen LogP contribution in [-0.2, 0) is 6.54 Å². The molecule has 1 N–H and O–H groups in total. The summed E-state index contributed by atoms with van der Waals surface area (Å²) in [5.74, 6) is 0.903. The van der Waals surface area contributed by atoms with Gasteiger partial charge in [0.15, 0.2) is 0 Å². The van der Waals surface area contributed by atoms with Crippen molar-refractivity contribution < 1.29 is 5.11 Å². The molecule has 22 heavy (non-hydrogen) atoms. The predicted octanol–water partition coefficient (Wildman–Crippen LogP) is 3.98. The van der Waals surface area contributed by atoms with Crippen LogP contribution in [0.5, 0.6) is 0 Å². The summed E-state index contributed by atoms with van der Waals surface area (Å²) in [5, 5.41) is 10.7. The molecule has 1 unspecified atom stereocenters. The van der Waals surface area contributed by atoms with Crippen LogP contribution in [0.25, 0.3) is 11.3 Å². The van der Waals surface area contributed by atoms with E-state index in [4.69, 9.17) is 0 Å². The van der Waals surface area contributed by atoms with Gasteiger partial charge in [-0.15, -0.1) is 0 Å². The first kappa shape index (κ1) is 14.0. The molecule has 0 bridgehead atoms. The summed E-state index contributed by atoms with van der Waals surface area (Å²) in [6, 6.07) is 8.62. The van der Waals surface area contributed by atoms with Crippen LogP contribution in [0.15, 0.2) is 36.8 Å². The maximum atomic E-state index is 10.7. The Morgan fingerprint density at radius 3 is 2.86 bits per heavy atom. The zero-order valence-electron chi connectivity index (χ0n) is 13.0. The van der Waals surface area contributed by atoms with Crippen molar-refractivity contribution in [1.29, 1.82) is 0 Å². The maximum absolute atomic E-state index is 10.7. The molecule has 0 radical (unpaired) electrons. The van der Waals surface area contributed by atoms with Gasteiger partial charge in [-0.3, -0.25) is 0 Å². The van der Waals surface area contributed by atoms with Crippen LogP contribution in [0.3, 0.4) is 0 Å². The van der Waals surface area contributed by atoms with E-state index in [9.17, 15) is 5.11 Å². The second-order valence-corrected chi connectivity index (χ2v) is 6.92. The summed E-state index contributed by atoms with van der Waals surface area (Å²) in [6.07, 6.45) is 10.9. The molecule has 2 aliphatic rings. The van der Waals surface area contributed by atoms with E-state index in [1.165, 1.54) is 48.9 Å². The molecule has 116 valence electrons. The summed E-state index contributed by atoms with van der Waals surface area (Å²) in [6.45, 7) is 0.941. The Kier molecular flexibility index (Phi) is 3.75. The molecule has 0 saturated heterocycles. The fraction of sp³-hybridized carbons (Fsp3) is 0.526. The standard InChI is InChI=1S/C19H24N2O/c22-19(14-6-2-1-3-7-14)10-15-12-21-13-20-11-18(21)17-9-5-4-8-16(15)17/h4-5,8-9,11,13-15,19,22H,1-3,6-7,10,12H2/t15?,19-/m1/s1. The fourth-order valence-corrected chi connectivity index (χ4v) is 4.32. The van der Waals surface area contributed by atoms with Crippen molar-refractivity contribution in [2.75, 3.05) is 0 Å². The molecule has 2 aromatic rings. The molecule has 2 heterocycles. The van der Waals surface area contributed by atoms with E-state index in [1.54, 1.807) is 0 Å². The SMILES string of the molecule is O[C@H](CC1Cn2cncc2-c2ccccc21)C1CCCCC1. The van der Waals surface area contributed by atoms with Crippen molar-refractivity contribution in [2.45, 2.75) is 57.1 Å². The molecule has 1 aliphatic heterocycles. The molecule has 3 nitrogen and oxygen atoms in total. The highest BCUT2D eigenvalue weighted by Gasteiger charge is 2.29. The van der Waals surface area contributed by atoms with Crippen molar-refractivity contribution in [3.63, 3.8) is 0 Å². The lowest BCUT2D eigenvalue weighted by molar-refractivity contribution is 0.0688. The van der Waals surface area contributed by atoms with E-state index in [-0.39, 0.29) is 6.10 Å². The van der Waals surface area contributed by atoms with Crippen LogP contribution >= 0.6 is 0 Å². The number of aliphatic hydroxyl groups is 1. The first-order valence-corrected chi connectivity index (χ1v) is 8.60. The van der Waals surface area contributed by atoms with Crippen molar-refractivity contribution in [3.8, 4) is 11.3 Å². The van der Waals surface area contributed by atoms with E-state index < -0.39 is 0 Å². The Bertz CT molecular complexity index is 642. The second kappa shape index (κ2) is 5.88. The third kappa shape index (κ3) is 2.48. The van der Waals surface area contributed by atoms with Gasteiger partial charge in [0, 0.05) is 18.0 Å². The Labute approximate surface area is 132 Å². The minimum Gasteiger partial charge on any atom is -0.393 e. The number of nitrogens with zero attached hydrogens (tertiary/aromatic N) is 2. The molecule has 2 atom stereocenters. The summed E-state index contributed by atoms with van der Waals surface area (Å²) < 4.78 is 2.24. The van der Waals surface area contributed by atoms with E-state index in [0.717, 1.165) is 13.0 Å². The topological polar surface area (TPSA) is 38.0 Å². The highest BCUT2D eigenvalue weighted by Crippen LogP contribution is 2.39. The minimum absolute atomic E-state index is 0.163. The number of imidazole rings is 1. The van der Waals surface area contributed by atoms with Gasteiger partial charge < -0.3 is 9.67 Å². The monoisotopic (exact) mass is 296 g/mol. The van der Waals surface area contributed by atoms with E-state index >= 15 is 0 Å². The Balaban J connectivity index is 1.58. The van der Waals surface area contributed by atoms with Gasteiger partial charge in [0.05, 0.1) is 24.3 Å². The first-order valence-electron chi connectivity index (χ1n) is 8.60. The first-order chi connectivity index (χ1) is 10.8. The Morgan fingerprint density at radius 1 is 1.18 bits per heavy atom. The molecule has 1 saturated carbocycles. The van der Waals surface area contributed by atoms with E-state index in [2.05, 4.69) is 33.8 Å². The lowest BCUT2D eigenvalue weighted by Gasteiger charge is -2.32. The quantitative estimate of drug-likeness (QED) is 0.930. The van der Waals surface area contributed by atoms with Gasteiger partial charge in [-0.25, -0.2) is 4.98 Å². The predicted molar refractivity (Wildman–Crippen MR) is 87.6 cm³/mol. The fourth-order valence-electron chi connectivity index (χ4n) is 4.32. The second-order valence-electron chi connectivity index (χ2n) is 6.92. The summed E-state index contributed by atoms with van der Waals surface area (Å²) in [4.78, 5) is 4.31. The van der Waals surface area contributed by atoms with Gasteiger partial charge >= 0.3 is 0 Å². The highest BCUT2D eigenvalue weighted by atomic mass is 16.3. The minimum atomic E-state index is -0.163. The summed E-state index contributed by atoms with van der Waals surface area (Å²) in [5.41, 5.74) is 3.87. The van der Waals surface area contributed by atoms with Crippen LogP contribution in [0.1, 0.15) is 50.0 Å². The molecule has 1 aromatic heterocycles. The third-order valence-electron chi connectivity index (χ3n) is 5.53. The highest BCUT2D eigenvalue weighted by molar-refractivity contribution is 5.66. The van der Waals surface area contributed by atoms with Crippen LogP contribution in [0, 0.1) is 5.92 Å². The molecule has 1 fully saturated rings. The molecular formula is C19H24N2O. The molecule has 0 amide bonds. The lowest BCUT2D eigenvalue weighted by atomic mass is 9.79. The van der Waals surface area contributed by atoms with Gasteiger partial charge in [0.2, 0.25) is 0 Å². The summed E-state index contributed by atoms with van der Waals surface area (Å²) in [7, 11) is 0. The molecule has 4 rings (SSSR count). The van der Waals surface area contributed by atoms with E-state index in [0.29, 0.717) is 11.8 Å². The molecule has 1 aromatic carbocycles. The number of hydrogen-bond donors (Lipinski definition) is 1. The molecule has 0 spiro atoms. The summed E-state index contributed by atoms with van der Waals surface area (Å²) >= 11 is 0. The Morgan fingerprint density at radius 2 is 2.00 bits per heavy atom. The maximum Gasteiger partial charge on any atom is 0.0951 e. The average Bonchev–Trinajstić information content (AvgIpc) is 3.04. The molecule has 3 heteroatoms. The van der Waals surface area contributed by atoms with Gasteiger partial charge in [-0.2, -0.15) is 0 Å². The largest absolute Gasteiger partial charge is 0.393 e. The molecular weight excluding hydrogens is 272 g/mol. The third-order valence-corrected chi connectivity index (χ3v) is 5.53. The molecule has 1 aliphatic carbocycles. The smallest absolute Gasteiger partial charge is 0.0951 e. The van der Waals surface area contributed by atoms with Crippen LogP contribution in [0.4, 0.5) is 0 Å². The average molecular weight is 296 g/mol.